The molecule has 0 saturated heterocycles. The largest absolute Gasteiger partial charge is 0.309 e. The molecule has 0 amide bonds. The monoisotopic (exact) mass is 343 g/mol. The molecule has 0 aliphatic heterocycles. The summed E-state index contributed by atoms with van der Waals surface area (Å²) in [6, 6.07) is 0.778. The first-order valence-electron chi connectivity index (χ1n) is 8.02. The summed E-state index contributed by atoms with van der Waals surface area (Å²) >= 11 is 3.70. The van der Waals surface area contributed by atoms with Crippen LogP contribution in [0.4, 0.5) is 0 Å². The maximum Gasteiger partial charge on any atom is 0.0701 e. The van der Waals surface area contributed by atoms with Gasteiger partial charge in [-0.3, -0.25) is 4.68 Å². The standard InChI is InChI=1S/C16H30BrN3/c1-6-9-13(10-7-2)15(18-8-3)16-14(17)11-19-20(16)12(4)5/h11-13,15,18H,6-10H2,1-5H3. The summed E-state index contributed by atoms with van der Waals surface area (Å²) in [6.07, 6.45) is 6.94. The Bertz CT molecular complexity index is 381. The molecule has 1 atom stereocenters. The summed E-state index contributed by atoms with van der Waals surface area (Å²) in [5, 5.41) is 8.25. The normalized spacial score (nSPS) is 13.4. The van der Waals surface area contributed by atoms with Crippen LogP contribution in [-0.4, -0.2) is 16.3 Å². The zero-order valence-corrected chi connectivity index (χ0v) is 15.2. The van der Waals surface area contributed by atoms with Crippen molar-refractivity contribution in [1.29, 1.82) is 0 Å². The summed E-state index contributed by atoms with van der Waals surface area (Å²) < 4.78 is 3.30. The lowest BCUT2D eigenvalue weighted by molar-refractivity contribution is 0.298. The van der Waals surface area contributed by atoms with E-state index in [-0.39, 0.29) is 0 Å². The minimum Gasteiger partial charge on any atom is -0.309 e. The molecule has 1 N–H and O–H groups in total. The van der Waals surface area contributed by atoms with Crippen molar-refractivity contribution in [3.05, 3.63) is 16.4 Å². The Kier molecular flexibility index (Phi) is 7.82. The summed E-state index contributed by atoms with van der Waals surface area (Å²) in [5.74, 6) is 0.676. The average molecular weight is 344 g/mol. The van der Waals surface area contributed by atoms with E-state index < -0.39 is 0 Å². The quantitative estimate of drug-likeness (QED) is 0.676. The second kappa shape index (κ2) is 8.83. The van der Waals surface area contributed by atoms with Crippen LogP contribution in [0.25, 0.3) is 0 Å². The highest BCUT2D eigenvalue weighted by Gasteiger charge is 2.27. The minimum absolute atomic E-state index is 0.388. The van der Waals surface area contributed by atoms with Crippen LogP contribution < -0.4 is 5.32 Å². The molecule has 0 aromatic carbocycles. The molecule has 0 aliphatic rings. The van der Waals surface area contributed by atoms with Crippen molar-refractivity contribution in [3.63, 3.8) is 0 Å². The molecule has 116 valence electrons. The van der Waals surface area contributed by atoms with E-state index in [4.69, 9.17) is 0 Å². The van der Waals surface area contributed by atoms with Gasteiger partial charge in [-0.15, -0.1) is 0 Å². The molecule has 3 nitrogen and oxygen atoms in total. The maximum atomic E-state index is 4.55. The first-order valence-corrected chi connectivity index (χ1v) is 8.82. The maximum absolute atomic E-state index is 4.55. The highest BCUT2D eigenvalue weighted by molar-refractivity contribution is 9.10. The van der Waals surface area contributed by atoms with Crippen LogP contribution in [0.5, 0.6) is 0 Å². The topological polar surface area (TPSA) is 29.9 Å². The fraction of sp³-hybridized carbons (Fsp3) is 0.812. The molecule has 4 heteroatoms. The van der Waals surface area contributed by atoms with Crippen LogP contribution in [-0.2, 0) is 0 Å². The second-order valence-electron chi connectivity index (χ2n) is 5.79. The van der Waals surface area contributed by atoms with Gasteiger partial charge in [0, 0.05) is 6.04 Å². The van der Waals surface area contributed by atoms with E-state index in [9.17, 15) is 0 Å². The van der Waals surface area contributed by atoms with Gasteiger partial charge in [-0.25, -0.2) is 0 Å². The van der Waals surface area contributed by atoms with E-state index in [0.29, 0.717) is 18.0 Å². The van der Waals surface area contributed by atoms with Crippen molar-refractivity contribution in [3.8, 4) is 0 Å². The van der Waals surface area contributed by atoms with Crippen LogP contribution in [0.1, 0.15) is 78.1 Å². The van der Waals surface area contributed by atoms with Crippen LogP contribution in [0.3, 0.4) is 0 Å². The molecule has 0 saturated carbocycles. The summed E-state index contributed by atoms with van der Waals surface area (Å²) in [5.41, 5.74) is 1.31. The van der Waals surface area contributed by atoms with Crippen LogP contribution >= 0.6 is 15.9 Å². The molecular weight excluding hydrogens is 314 g/mol. The van der Waals surface area contributed by atoms with E-state index in [0.717, 1.165) is 11.0 Å². The van der Waals surface area contributed by atoms with Gasteiger partial charge in [0.15, 0.2) is 0 Å². The summed E-state index contributed by atoms with van der Waals surface area (Å²) in [6.45, 7) is 12.1. The Balaban J connectivity index is 3.13. The predicted octanol–water partition coefficient (Wildman–Crippen LogP) is 5.09. The lowest BCUT2D eigenvalue weighted by Gasteiger charge is -2.29. The van der Waals surface area contributed by atoms with Gasteiger partial charge in [0.2, 0.25) is 0 Å². The molecule has 1 unspecified atom stereocenters. The lowest BCUT2D eigenvalue weighted by atomic mass is 9.88. The highest BCUT2D eigenvalue weighted by atomic mass is 79.9. The van der Waals surface area contributed by atoms with Crippen molar-refractivity contribution in [2.45, 2.75) is 72.4 Å². The molecule has 1 aromatic rings. The SMILES string of the molecule is CCCC(CCC)C(NCC)c1c(Br)cnn1C(C)C. The molecule has 0 aliphatic carbocycles. The Labute approximate surface area is 132 Å². The highest BCUT2D eigenvalue weighted by Crippen LogP contribution is 2.34. The molecule has 20 heavy (non-hydrogen) atoms. The van der Waals surface area contributed by atoms with E-state index in [1.807, 2.05) is 6.20 Å². The van der Waals surface area contributed by atoms with Crippen molar-refractivity contribution < 1.29 is 0 Å². The zero-order valence-electron chi connectivity index (χ0n) is 13.6. The molecule has 1 rings (SSSR count). The molecular formula is C16H30BrN3. The van der Waals surface area contributed by atoms with Gasteiger partial charge in [0.25, 0.3) is 0 Å². The van der Waals surface area contributed by atoms with Crippen molar-refractivity contribution in [1.82, 2.24) is 15.1 Å². The van der Waals surface area contributed by atoms with Crippen molar-refractivity contribution in [2.24, 2.45) is 5.92 Å². The third-order valence-electron chi connectivity index (χ3n) is 3.79. The van der Waals surface area contributed by atoms with E-state index in [1.54, 1.807) is 0 Å². The average Bonchev–Trinajstić information content (AvgIpc) is 2.78. The second-order valence-corrected chi connectivity index (χ2v) is 6.64. The zero-order chi connectivity index (χ0) is 15.1. The Hall–Kier alpha value is -0.350. The van der Waals surface area contributed by atoms with Crippen LogP contribution in [0, 0.1) is 5.92 Å². The Morgan fingerprint density at radius 1 is 1.20 bits per heavy atom. The molecule has 0 spiro atoms. The number of aromatic nitrogens is 2. The molecule has 0 fully saturated rings. The Morgan fingerprint density at radius 2 is 1.80 bits per heavy atom. The predicted molar refractivity (Wildman–Crippen MR) is 90.0 cm³/mol. The number of hydrogen-bond donors (Lipinski definition) is 1. The first kappa shape index (κ1) is 17.7. The summed E-state index contributed by atoms with van der Waals surface area (Å²) in [7, 11) is 0. The van der Waals surface area contributed by atoms with Gasteiger partial charge in [0.1, 0.15) is 0 Å². The number of nitrogens with zero attached hydrogens (tertiary/aromatic N) is 2. The first-order chi connectivity index (χ1) is 9.56. The smallest absolute Gasteiger partial charge is 0.0701 e. The third-order valence-corrected chi connectivity index (χ3v) is 4.40. The van der Waals surface area contributed by atoms with Gasteiger partial charge < -0.3 is 5.32 Å². The van der Waals surface area contributed by atoms with Gasteiger partial charge in [-0.1, -0.05) is 33.6 Å². The van der Waals surface area contributed by atoms with Gasteiger partial charge in [-0.05, 0) is 55.1 Å². The van der Waals surface area contributed by atoms with E-state index in [2.05, 4.69) is 65.6 Å². The summed E-state index contributed by atoms with van der Waals surface area (Å²) in [4.78, 5) is 0. The molecule has 0 bridgehead atoms. The van der Waals surface area contributed by atoms with Gasteiger partial charge in [0.05, 0.1) is 22.4 Å². The molecule has 0 radical (unpaired) electrons. The third kappa shape index (κ3) is 4.32. The van der Waals surface area contributed by atoms with Crippen molar-refractivity contribution in [2.75, 3.05) is 6.54 Å². The lowest BCUT2D eigenvalue weighted by Crippen LogP contribution is -2.31. The minimum atomic E-state index is 0.388. The van der Waals surface area contributed by atoms with Crippen molar-refractivity contribution >= 4 is 15.9 Å². The Morgan fingerprint density at radius 3 is 2.25 bits per heavy atom. The molecule has 1 heterocycles. The van der Waals surface area contributed by atoms with E-state index >= 15 is 0 Å². The number of nitrogens with one attached hydrogen (secondary N) is 1. The van der Waals surface area contributed by atoms with Gasteiger partial charge >= 0.3 is 0 Å². The fourth-order valence-corrected chi connectivity index (χ4v) is 3.50. The van der Waals surface area contributed by atoms with E-state index in [1.165, 1.54) is 31.4 Å². The number of halogens is 1. The number of rotatable bonds is 9. The van der Waals surface area contributed by atoms with Crippen LogP contribution in [0.15, 0.2) is 10.7 Å². The number of hydrogen-bond acceptors (Lipinski definition) is 2. The van der Waals surface area contributed by atoms with Crippen LogP contribution in [0.2, 0.25) is 0 Å². The van der Waals surface area contributed by atoms with Gasteiger partial charge in [-0.2, -0.15) is 5.10 Å². The molecule has 1 aromatic heterocycles. The fourth-order valence-electron chi connectivity index (χ4n) is 2.98.